The van der Waals surface area contributed by atoms with Crippen LogP contribution in [0.2, 0.25) is 0 Å². The number of aromatic nitrogens is 2. The van der Waals surface area contributed by atoms with E-state index in [9.17, 15) is 9.59 Å². The number of hydrogen-bond donors (Lipinski definition) is 1. The van der Waals surface area contributed by atoms with E-state index in [1.807, 2.05) is 40.7 Å². The monoisotopic (exact) mass is 418 g/mol. The van der Waals surface area contributed by atoms with E-state index in [-0.39, 0.29) is 18.1 Å². The molecule has 2 fully saturated rings. The van der Waals surface area contributed by atoms with Crippen LogP contribution in [0.25, 0.3) is 0 Å². The quantitative estimate of drug-likeness (QED) is 0.806. The zero-order valence-corrected chi connectivity index (χ0v) is 18.7. The van der Waals surface area contributed by atoms with Crippen molar-refractivity contribution >= 4 is 12.0 Å². The number of nitrogens with one attached hydrogen (secondary N) is 1. The van der Waals surface area contributed by atoms with E-state index in [0.29, 0.717) is 19.0 Å². The molecular weight excluding hydrogens is 384 g/mol. The topological polar surface area (TPSA) is 93.7 Å². The van der Waals surface area contributed by atoms with E-state index in [2.05, 4.69) is 15.3 Å². The van der Waals surface area contributed by atoms with Crippen LogP contribution in [-0.4, -0.2) is 57.2 Å². The first-order chi connectivity index (χ1) is 14.1. The number of aryl methyl sites for hydroxylation is 2. The van der Waals surface area contributed by atoms with Gasteiger partial charge in [0.25, 0.3) is 0 Å². The van der Waals surface area contributed by atoms with Gasteiger partial charge in [-0.05, 0) is 79.2 Å². The summed E-state index contributed by atoms with van der Waals surface area (Å²) in [5, 5.41) is 3.14. The molecule has 1 aromatic heterocycles. The summed E-state index contributed by atoms with van der Waals surface area (Å²) in [6.07, 6.45) is 4.47. The molecule has 8 heteroatoms. The third kappa shape index (κ3) is 6.06. The third-order valence-corrected chi connectivity index (χ3v) is 5.44. The lowest BCUT2D eigenvalue weighted by Gasteiger charge is -2.32. The van der Waals surface area contributed by atoms with Crippen molar-refractivity contribution in [3.05, 3.63) is 17.5 Å². The standard InChI is InChI=1S/C22H34N4O4/c1-14-13-15(2)24-20(23-14)29-17-10-8-16(9-11-17)25-19(27)18-7-6-12-26(18)21(28)30-22(3,4)5/h13,16-18H,6-12H2,1-5H3,(H,25,27). The fourth-order valence-electron chi connectivity index (χ4n) is 4.10. The Balaban J connectivity index is 1.48. The number of likely N-dealkylation sites (tertiary alicyclic amines) is 1. The lowest BCUT2D eigenvalue weighted by Crippen LogP contribution is -2.50. The van der Waals surface area contributed by atoms with Gasteiger partial charge in [-0.15, -0.1) is 0 Å². The summed E-state index contributed by atoms with van der Waals surface area (Å²) in [4.78, 5) is 35.5. The number of carbonyl (C=O) groups excluding carboxylic acids is 2. The van der Waals surface area contributed by atoms with Crippen molar-refractivity contribution < 1.29 is 19.1 Å². The molecular formula is C22H34N4O4. The molecule has 2 heterocycles. The Morgan fingerprint density at radius 1 is 1.07 bits per heavy atom. The molecule has 1 aromatic rings. The summed E-state index contributed by atoms with van der Waals surface area (Å²) < 4.78 is 11.4. The molecule has 1 saturated heterocycles. The molecule has 8 nitrogen and oxygen atoms in total. The lowest BCUT2D eigenvalue weighted by atomic mass is 9.92. The third-order valence-electron chi connectivity index (χ3n) is 5.44. The molecule has 0 bridgehead atoms. The van der Waals surface area contributed by atoms with Crippen LogP contribution in [0.1, 0.15) is 70.7 Å². The molecule has 3 rings (SSSR count). The highest BCUT2D eigenvalue weighted by molar-refractivity contribution is 5.86. The molecule has 1 aliphatic heterocycles. The van der Waals surface area contributed by atoms with Crippen molar-refractivity contribution in [3.63, 3.8) is 0 Å². The highest BCUT2D eigenvalue weighted by Gasteiger charge is 2.37. The first-order valence-electron chi connectivity index (χ1n) is 10.9. The predicted octanol–water partition coefficient (Wildman–Crippen LogP) is 3.30. The van der Waals surface area contributed by atoms with Crippen LogP contribution < -0.4 is 10.1 Å². The number of rotatable bonds is 4. The van der Waals surface area contributed by atoms with Gasteiger partial charge >= 0.3 is 12.1 Å². The van der Waals surface area contributed by atoms with Crippen molar-refractivity contribution in [2.24, 2.45) is 0 Å². The highest BCUT2D eigenvalue weighted by Crippen LogP contribution is 2.25. The van der Waals surface area contributed by atoms with Gasteiger partial charge in [0, 0.05) is 24.0 Å². The SMILES string of the molecule is Cc1cc(C)nc(OC2CCC(NC(=O)C3CCCN3C(=O)OC(C)(C)C)CC2)n1. The Morgan fingerprint density at radius 2 is 1.70 bits per heavy atom. The summed E-state index contributed by atoms with van der Waals surface area (Å²) in [6.45, 7) is 9.91. The minimum atomic E-state index is -0.571. The summed E-state index contributed by atoms with van der Waals surface area (Å²) in [5.74, 6) is -0.0830. The molecule has 1 atom stereocenters. The lowest BCUT2D eigenvalue weighted by molar-refractivity contribution is -0.126. The first-order valence-corrected chi connectivity index (χ1v) is 10.9. The van der Waals surface area contributed by atoms with E-state index < -0.39 is 17.7 Å². The van der Waals surface area contributed by atoms with Crippen molar-refractivity contribution in [1.29, 1.82) is 0 Å². The molecule has 1 unspecified atom stereocenters. The molecule has 0 aromatic carbocycles. The second kappa shape index (κ2) is 9.18. The Morgan fingerprint density at radius 3 is 2.30 bits per heavy atom. The Kier molecular flexibility index (Phi) is 6.83. The van der Waals surface area contributed by atoms with E-state index >= 15 is 0 Å². The number of amides is 2. The Hall–Kier alpha value is -2.38. The van der Waals surface area contributed by atoms with Crippen LogP contribution in [0.5, 0.6) is 6.01 Å². The molecule has 1 N–H and O–H groups in total. The van der Waals surface area contributed by atoms with Crippen LogP contribution in [0.4, 0.5) is 4.79 Å². The average molecular weight is 419 g/mol. The number of hydrogen-bond acceptors (Lipinski definition) is 6. The van der Waals surface area contributed by atoms with Crippen molar-refractivity contribution in [2.75, 3.05) is 6.54 Å². The van der Waals surface area contributed by atoms with Crippen LogP contribution in [0.3, 0.4) is 0 Å². The average Bonchev–Trinajstić information content (AvgIpc) is 3.11. The molecule has 2 amide bonds. The number of nitrogens with zero attached hydrogens (tertiary/aromatic N) is 3. The van der Waals surface area contributed by atoms with E-state index in [1.165, 1.54) is 0 Å². The molecule has 0 radical (unpaired) electrons. The molecule has 1 aliphatic carbocycles. The highest BCUT2D eigenvalue weighted by atomic mass is 16.6. The van der Waals surface area contributed by atoms with E-state index in [4.69, 9.17) is 9.47 Å². The van der Waals surface area contributed by atoms with Gasteiger partial charge in [0.05, 0.1) is 0 Å². The fraction of sp³-hybridized carbons (Fsp3) is 0.727. The van der Waals surface area contributed by atoms with Gasteiger partial charge in [0.15, 0.2) is 0 Å². The van der Waals surface area contributed by atoms with Gasteiger partial charge in [0.1, 0.15) is 17.7 Å². The first kappa shape index (κ1) is 22.3. The smallest absolute Gasteiger partial charge is 0.410 e. The number of carbonyl (C=O) groups is 2. The van der Waals surface area contributed by atoms with Gasteiger partial charge in [-0.2, -0.15) is 0 Å². The second-order valence-corrected chi connectivity index (χ2v) is 9.37. The van der Waals surface area contributed by atoms with Crippen molar-refractivity contribution in [3.8, 4) is 6.01 Å². The van der Waals surface area contributed by atoms with Crippen LogP contribution in [0.15, 0.2) is 6.07 Å². The van der Waals surface area contributed by atoms with Gasteiger partial charge < -0.3 is 14.8 Å². The van der Waals surface area contributed by atoms with Gasteiger partial charge in [-0.3, -0.25) is 9.69 Å². The molecule has 0 spiro atoms. The zero-order valence-electron chi connectivity index (χ0n) is 18.7. The van der Waals surface area contributed by atoms with E-state index in [1.54, 1.807) is 4.90 Å². The maximum Gasteiger partial charge on any atom is 0.410 e. The second-order valence-electron chi connectivity index (χ2n) is 9.37. The van der Waals surface area contributed by atoms with Gasteiger partial charge in [-0.25, -0.2) is 14.8 Å². The summed E-state index contributed by atoms with van der Waals surface area (Å²) in [5.41, 5.74) is 1.22. The Labute approximate surface area is 178 Å². The molecule has 166 valence electrons. The van der Waals surface area contributed by atoms with E-state index in [0.717, 1.165) is 43.5 Å². The largest absolute Gasteiger partial charge is 0.460 e. The zero-order chi connectivity index (χ0) is 21.9. The van der Waals surface area contributed by atoms with Crippen LogP contribution in [0, 0.1) is 13.8 Å². The molecule has 30 heavy (non-hydrogen) atoms. The minimum Gasteiger partial charge on any atom is -0.460 e. The summed E-state index contributed by atoms with van der Waals surface area (Å²) in [7, 11) is 0. The van der Waals surface area contributed by atoms with Crippen molar-refractivity contribution in [1.82, 2.24) is 20.2 Å². The van der Waals surface area contributed by atoms with Crippen LogP contribution in [-0.2, 0) is 9.53 Å². The summed E-state index contributed by atoms with van der Waals surface area (Å²) in [6, 6.07) is 2.00. The normalized spacial score (nSPS) is 24.4. The molecule has 2 aliphatic rings. The maximum absolute atomic E-state index is 12.8. The summed E-state index contributed by atoms with van der Waals surface area (Å²) >= 11 is 0. The van der Waals surface area contributed by atoms with Gasteiger partial charge in [0.2, 0.25) is 5.91 Å². The van der Waals surface area contributed by atoms with Crippen molar-refractivity contribution in [2.45, 2.75) is 96.9 Å². The fourth-order valence-corrected chi connectivity index (χ4v) is 4.10. The number of ether oxygens (including phenoxy) is 2. The maximum atomic E-state index is 12.8. The van der Waals surface area contributed by atoms with Crippen LogP contribution >= 0.6 is 0 Å². The predicted molar refractivity (Wildman–Crippen MR) is 112 cm³/mol. The Bertz CT molecular complexity index is 749. The minimum absolute atomic E-state index is 0.0593. The molecule has 1 saturated carbocycles. The van der Waals surface area contributed by atoms with Gasteiger partial charge in [-0.1, -0.05) is 0 Å².